The molecule has 2 aromatic carbocycles. The van der Waals surface area contributed by atoms with Crippen LogP contribution in [0.1, 0.15) is 31.4 Å². The molecule has 2 atom stereocenters. The molecule has 1 amide bonds. The Bertz CT molecular complexity index is 708. The Morgan fingerprint density at radius 1 is 1.04 bits per heavy atom. The number of carbonyl (C=O) groups excluding carboxylic acids is 2. The zero-order chi connectivity index (χ0) is 17.5. The minimum atomic E-state index is -0.489. The van der Waals surface area contributed by atoms with Gasteiger partial charge in [-0.1, -0.05) is 42.5 Å². The van der Waals surface area contributed by atoms with Crippen molar-refractivity contribution in [2.75, 3.05) is 14.2 Å². The standard InChI is InChI=1S/C19H23NO4/c1-13(16-10-6-8-14-7-4-5-9-17(14)16)20-18(21)11-15(23-2)12-19(22)24-3/h4-10,13,15H,11-12H2,1-3H3,(H,20,21)/t13-,15+/m0/s1. The molecule has 0 aliphatic rings. The average Bonchev–Trinajstić information content (AvgIpc) is 2.60. The Balaban J connectivity index is 2.04. The predicted molar refractivity (Wildman–Crippen MR) is 92.6 cm³/mol. The number of carbonyl (C=O) groups is 2. The number of fused-ring (bicyclic) bond motifs is 1. The molecular formula is C19H23NO4. The number of hydrogen-bond donors (Lipinski definition) is 1. The van der Waals surface area contributed by atoms with Crippen LogP contribution in [0.3, 0.4) is 0 Å². The largest absolute Gasteiger partial charge is 0.469 e. The van der Waals surface area contributed by atoms with Gasteiger partial charge in [0.2, 0.25) is 5.91 Å². The smallest absolute Gasteiger partial charge is 0.308 e. The highest BCUT2D eigenvalue weighted by Crippen LogP contribution is 2.24. The molecule has 0 bridgehead atoms. The van der Waals surface area contributed by atoms with Crippen molar-refractivity contribution < 1.29 is 19.1 Å². The van der Waals surface area contributed by atoms with Crippen LogP contribution in [0.4, 0.5) is 0 Å². The molecule has 5 heteroatoms. The van der Waals surface area contributed by atoms with Gasteiger partial charge in [-0.25, -0.2) is 0 Å². The van der Waals surface area contributed by atoms with Crippen LogP contribution in [-0.2, 0) is 19.1 Å². The zero-order valence-corrected chi connectivity index (χ0v) is 14.2. The lowest BCUT2D eigenvalue weighted by atomic mass is 9.99. The molecule has 128 valence electrons. The van der Waals surface area contributed by atoms with Gasteiger partial charge < -0.3 is 14.8 Å². The topological polar surface area (TPSA) is 64.6 Å². The number of hydrogen-bond acceptors (Lipinski definition) is 4. The second kappa shape index (κ2) is 8.45. The molecular weight excluding hydrogens is 306 g/mol. The van der Waals surface area contributed by atoms with Crippen molar-refractivity contribution in [3.63, 3.8) is 0 Å². The molecule has 0 saturated carbocycles. The maximum atomic E-state index is 12.3. The zero-order valence-electron chi connectivity index (χ0n) is 14.2. The Morgan fingerprint density at radius 3 is 2.46 bits per heavy atom. The lowest BCUT2D eigenvalue weighted by molar-refractivity contribution is -0.143. The van der Waals surface area contributed by atoms with Crippen LogP contribution in [-0.4, -0.2) is 32.2 Å². The van der Waals surface area contributed by atoms with Crippen LogP contribution in [0, 0.1) is 0 Å². The number of esters is 1. The van der Waals surface area contributed by atoms with Crippen molar-refractivity contribution >= 4 is 22.6 Å². The van der Waals surface area contributed by atoms with E-state index in [0.29, 0.717) is 0 Å². The van der Waals surface area contributed by atoms with E-state index in [9.17, 15) is 9.59 Å². The molecule has 0 aliphatic carbocycles. The second-order valence-electron chi connectivity index (χ2n) is 5.70. The highest BCUT2D eigenvalue weighted by Gasteiger charge is 2.19. The van der Waals surface area contributed by atoms with E-state index in [0.717, 1.165) is 16.3 Å². The predicted octanol–water partition coefficient (Wildman–Crippen LogP) is 2.99. The summed E-state index contributed by atoms with van der Waals surface area (Å²) in [6.45, 7) is 1.95. The number of benzene rings is 2. The monoisotopic (exact) mass is 329 g/mol. The number of nitrogens with one attached hydrogen (secondary N) is 1. The normalized spacial score (nSPS) is 13.3. The van der Waals surface area contributed by atoms with Gasteiger partial charge in [0.1, 0.15) is 0 Å². The Labute approximate surface area is 141 Å². The summed E-state index contributed by atoms with van der Waals surface area (Å²) < 4.78 is 9.80. The quantitative estimate of drug-likeness (QED) is 0.793. The third-order valence-corrected chi connectivity index (χ3v) is 4.04. The van der Waals surface area contributed by atoms with Crippen molar-refractivity contribution in [1.82, 2.24) is 5.32 Å². The van der Waals surface area contributed by atoms with Gasteiger partial charge in [-0.2, -0.15) is 0 Å². The minimum Gasteiger partial charge on any atom is -0.469 e. The summed E-state index contributed by atoms with van der Waals surface area (Å²) >= 11 is 0. The average molecular weight is 329 g/mol. The summed E-state index contributed by atoms with van der Waals surface area (Å²) in [7, 11) is 2.80. The van der Waals surface area contributed by atoms with Crippen LogP contribution in [0.15, 0.2) is 42.5 Å². The highest BCUT2D eigenvalue weighted by molar-refractivity contribution is 5.87. The first-order chi connectivity index (χ1) is 11.5. The van der Waals surface area contributed by atoms with E-state index in [1.54, 1.807) is 0 Å². The van der Waals surface area contributed by atoms with Gasteiger partial charge in [0, 0.05) is 7.11 Å². The van der Waals surface area contributed by atoms with E-state index in [1.807, 2.05) is 49.4 Å². The van der Waals surface area contributed by atoms with Crippen LogP contribution in [0.5, 0.6) is 0 Å². The minimum absolute atomic E-state index is 0.0586. The third-order valence-electron chi connectivity index (χ3n) is 4.04. The summed E-state index contributed by atoms with van der Waals surface area (Å²) in [6, 6.07) is 14.0. The molecule has 0 aliphatic heterocycles. The van der Waals surface area contributed by atoms with E-state index >= 15 is 0 Å². The molecule has 0 spiro atoms. The van der Waals surface area contributed by atoms with Gasteiger partial charge in [-0.05, 0) is 23.3 Å². The highest BCUT2D eigenvalue weighted by atomic mass is 16.5. The van der Waals surface area contributed by atoms with E-state index in [1.165, 1.54) is 14.2 Å². The lowest BCUT2D eigenvalue weighted by Gasteiger charge is -2.19. The first-order valence-electron chi connectivity index (χ1n) is 7.91. The number of amides is 1. The van der Waals surface area contributed by atoms with E-state index in [4.69, 9.17) is 4.74 Å². The molecule has 0 unspecified atom stereocenters. The maximum Gasteiger partial charge on any atom is 0.308 e. The van der Waals surface area contributed by atoms with Crippen molar-refractivity contribution in [3.05, 3.63) is 48.0 Å². The number of ether oxygens (including phenoxy) is 2. The molecule has 2 aromatic rings. The molecule has 5 nitrogen and oxygen atoms in total. The summed E-state index contributed by atoms with van der Waals surface area (Å²) in [6.07, 6.45) is -0.318. The van der Waals surface area contributed by atoms with E-state index in [-0.39, 0.29) is 24.8 Å². The second-order valence-corrected chi connectivity index (χ2v) is 5.70. The molecule has 0 radical (unpaired) electrons. The van der Waals surface area contributed by atoms with Gasteiger partial charge in [0.05, 0.1) is 32.1 Å². The van der Waals surface area contributed by atoms with Gasteiger partial charge in [-0.15, -0.1) is 0 Å². The van der Waals surface area contributed by atoms with Crippen molar-refractivity contribution in [1.29, 1.82) is 0 Å². The number of methoxy groups -OCH3 is 2. The Hall–Kier alpha value is -2.40. The van der Waals surface area contributed by atoms with Gasteiger partial charge in [-0.3, -0.25) is 9.59 Å². The van der Waals surface area contributed by atoms with E-state index in [2.05, 4.69) is 10.1 Å². The molecule has 1 N–H and O–H groups in total. The molecule has 0 saturated heterocycles. The van der Waals surface area contributed by atoms with Crippen LogP contribution >= 0.6 is 0 Å². The molecule has 0 aromatic heterocycles. The first kappa shape index (κ1) is 17.9. The summed E-state index contributed by atoms with van der Waals surface area (Å²) in [4.78, 5) is 23.6. The first-order valence-corrected chi connectivity index (χ1v) is 7.91. The van der Waals surface area contributed by atoms with Crippen LogP contribution < -0.4 is 5.32 Å². The SMILES string of the molecule is COC(=O)C[C@@H](CC(=O)N[C@@H](C)c1cccc2ccccc12)OC. The van der Waals surface area contributed by atoms with E-state index < -0.39 is 12.1 Å². The molecule has 0 fully saturated rings. The van der Waals surface area contributed by atoms with Gasteiger partial charge in [0.15, 0.2) is 0 Å². The maximum absolute atomic E-state index is 12.3. The molecule has 24 heavy (non-hydrogen) atoms. The molecule has 2 rings (SSSR count). The lowest BCUT2D eigenvalue weighted by Crippen LogP contribution is -2.31. The third kappa shape index (κ3) is 4.55. The van der Waals surface area contributed by atoms with Gasteiger partial charge >= 0.3 is 5.97 Å². The Morgan fingerprint density at radius 2 is 1.75 bits per heavy atom. The molecule has 0 heterocycles. The summed E-state index contributed by atoms with van der Waals surface area (Å²) in [5.41, 5.74) is 1.06. The number of rotatable bonds is 7. The van der Waals surface area contributed by atoms with Crippen LogP contribution in [0.25, 0.3) is 10.8 Å². The Kier molecular flexibility index (Phi) is 6.32. The fourth-order valence-corrected chi connectivity index (χ4v) is 2.72. The summed E-state index contributed by atoms with van der Waals surface area (Å²) in [5, 5.41) is 5.23. The fourth-order valence-electron chi connectivity index (χ4n) is 2.72. The van der Waals surface area contributed by atoms with Crippen LogP contribution in [0.2, 0.25) is 0 Å². The van der Waals surface area contributed by atoms with Crippen molar-refractivity contribution in [3.8, 4) is 0 Å². The summed E-state index contributed by atoms with van der Waals surface area (Å²) in [5.74, 6) is -0.553. The van der Waals surface area contributed by atoms with Crippen molar-refractivity contribution in [2.45, 2.75) is 31.9 Å². The fraction of sp³-hybridized carbons (Fsp3) is 0.368. The van der Waals surface area contributed by atoms with Gasteiger partial charge in [0.25, 0.3) is 0 Å². The van der Waals surface area contributed by atoms with Crippen molar-refractivity contribution in [2.24, 2.45) is 0 Å².